The van der Waals surface area contributed by atoms with Gasteiger partial charge in [-0.25, -0.2) is 9.97 Å². The van der Waals surface area contributed by atoms with Gasteiger partial charge in [0.15, 0.2) is 5.82 Å². The Labute approximate surface area is 332 Å². The highest BCUT2D eigenvalue weighted by atomic mass is 14.9. The van der Waals surface area contributed by atoms with Crippen LogP contribution in [0.2, 0.25) is 0 Å². The third-order valence-electron chi connectivity index (χ3n) is 12.1. The van der Waals surface area contributed by atoms with Gasteiger partial charge in [0, 0.05) is 22.1 Å². The van der Waals surface area contributed by atoms with Crippen LogP contribution in [0.4, 0.5) is 0 Å². The summed E-state index contributed by atoms with van der Waals surface area (Å²) in [5.41, 5.74) is 15.2. The van der Waals surface area contributed by atoms with Crippen molar-refractivity contribution in [2.45, 2.75) is 19.3 Å². The van der Waals surface area contributed by atoms with Crippen LogP contribution in [0.25, 0.3) is 99.6 Å². The molecule has 10 aromatic rings. The predicted molar refractivity (Wildman–Crippen MR) is 239 cm³/mol. The van der Waals surface area contributed by atoms with E-state index in [1.807, 2.05) is 0 Å². The lowest BCUT2D eigenvalue weighted by Gasteiger charge is -2.21. The highest BCUT2D eigenvalue weighted by Crippen LogP contribution is 2.49. The Bertz CT molecular complexity index is 3220. The van der Waals surface area contributed by atoms with Gasteiger partial charge in [0.05, 0.1) is 11.4 Å². The zero-order valence-electron chi connectivity index (χ0n) is 31.9. The van der Waals surface area contributed by atoms with Crippen LogP contribution in [0.3, 0.4) is 0 Å². The van der Waals surface area contributed by atoms with E-state index < -0.39 is 0 Å². The second kappa shape index (κ2) is 13.0. The predicted octanol–water partition coefficient (Wildman–Crippen LogP) is 14.6. The van der Waals surface area contributed by atoms with Crippen molar-refractivity contribution in [1.29, 1.82) is 0 Å². The third-order valence-corrected chi connectivity index (χ3v) is 12.1. The third kappa shape index (κ3) is 5.48. The van der Waals surface area contributed by atoms with E-state index in [1.54, 1.807) is 0 Å². The molecule has 0 spiro atoms. The molecular formula is C55H38N2. The summed E-state index contributed by atoms with van der Waals surface area (Å²) in [5, 5.41) is 7.05. The van der Waals surface area contributed by atoms with Gasteiger partial charge in [-0.3, -0.25) is 0 Å². The molecule has 0 radical (unpaired) electrons. The highest BCUT2D eigenvalue weighted by Gasteiger charge is 2.35. The van der Waals surface area contributed by atoms with E-state index >= 15 is 0 Å². The highest BCUT2D eigenvalue weighted by molar-refractivity contribution is 6.05. The number of aromatic nitrogens is 2. The summed E-state index contributed by atoms with van der Waals surface area (Å²) in [7, 11) is 0. The lowest BCUT2D eigenvalue weighted by atomic mass is 9.82. The van der Waals surface area contributed by atoms with E-state index in [4.69, 9.17) is 9.97 Å². The van der Waals surface area contributed by atoms with E-state index in [2.05, 4.69) is 208 Å². The quantitative estimate of drug-likeness (QED) is 0.176. The molecule has 1 aromatic heterocycles. The molecule has 268 valence electrons. The van der Waals surface area contributed by atoms with Crippen LogP contribution in [-0.4, -0.2) is 9.97 Å². The minimum Gasteiger partial charge on any atom is -0.228 e. The zero-order valence-corrected chi connectivity index (χ0v) is 31.9. The van der Waals surface area contributed by atoms with E-state index in [1.165, 1.54) is 66.1 Å². The Hall–Kier alpha value is -7.16. The van der Waals surface area contributed by atoms with Crippen LogP contribution in [0, 0.1) is 0 Å². The molecule has 2 nitrogen and oxygen atoms in total. The van der Waals surface area contributed by atoms with Crippen LogP contribution in [-0.2, 0) is 5.41 Å². The fourth-order valence-corrected chi connectivity index (χ4v) is 9.16. The molecule has 1 aliphatic carbocycles. The maximum absolute atomic E-state index is 5.36. The van der Waals surface area contributed by atoms with E-state index in [-0.39, 0.29) is 5.41 Å². The minimum atomic E-state index is -0.0114. The van der Waals surface area contributed by atoms with Crippen molar-refractivity contribution < 1.29 is 0 Å². The molecule has 0 fully saturated rings. The monoisotopic (exact) mass is 726 g/mol. The molecule has 0 saturated heterocycles. The van der Waals surface area contributed by atoms with E-state index in [0.717, 1.165) is 38.9 Å². The molecule has 0 aliphatic heterocycles. The molecular weight excluding hydrogens is 689 g/mol. The number of fused-ring (bicyclic) bond motifs is 6. The summed E-state index contributed by atoms with van der Waals surface area (Å²) in [6.07, 6.45) is 0. The number of rotatable bonds is 5. The summed E-state index contributed by atoms with van der Waals surface area (Å²) in [5.74, 6) is 0.716. The van der Waals surface area contributed by atoms with Gasteiger partial charge in [-0.1, -0.05) is 184 Å². The van der Waals surface area contributed by atoms with Crippen molar-refractivity contribution in [3.05, 3.63) is 205 Å². The van der Waals surface area contributed by atoms with Crippen LogP contribution in [0.1, 0.15) is 25.0 Å². The average Bonchev–Trinajstić information content (AvgIpc) is 3.50. The van der Waals surface area contributed by atoms with Crippen LogP contribution in [0.5, 0.6) is 0 Å². The SMILES string of the molecule is CC1(C)c2ccccc2-c2cc(-c3cccc(-c4ccc(-c5cc(-c6ccc7ccccc7c6)nc(-c6cccc7ccccc67)n5)c5ccccc45)c3)ccc21. The maximum Gasteiger partial charge on any atom is 0.161 e. The Morgan fingerprint density at radius 2 is 0.912 bits per heavy atom. The molecule has 0 amide bonds. The van der Waals surface area contributed by atoms with Crippen molar-refractivity contribution in [3.8, 4) is 67.3 Å². The Kier molecular flexibility index (Phi) is 7.55. The normalized spacial score (nSPS) is 12.9. The molecule has 0 unspecified atom stereocenters. The van der Waals surface area contributed by atoms with Gasteiger partial charge in [-0.05, 0) is 101 Å². The summed E-state index contributed by atoms with van der Waals surface area (Å²) in [4.78, 5) is 10.6. The van der Waals surface area contributed by atoms with Crippen molar-refractivity contribution in [3.63, 3.8) is 0 Å². The average molecular weight is 727 g/mol. The number of benzene rings is 9. The van der Waals surface area contributed by atoms with Gasteiger partial charge in [-0.15, -0.1) is 0 Å². The molecule has 11 rings (SSSR count). The first kappa shape index (κ1) is 33.2. The first-order valence-electron chi connectivity index (χ1n) is 19.7. The van der Waals surface area contributed by atoms with Crippen LogP contribution in [0.15, 0.2) is 194 Å². The van der Waals surface area contributed by atoms with Crippen molar-refractivity contribution in [2.24, 2.45) is 0 Å². The second-order valence-corrected chi connectivity index (χ2v) is 15.8. The summed E-state index contributed by atoms with van der Waals surface area (Å²) < 4.78 is 0. The summed E-state index contributed by atoms with van der Waals surface area (Å²) >= 11 is 0. The van der Waals surface area contributed by atoms with Gasteiger partial charge < -0.3 is 0 Å². The molecule has 0 N–H and O–H groups in total. The summed E-state index contributed by atoms with van der Waals surface area (Å²) in [6.45, 7) is 4.67. The zero-order chi connectivity index (χ0) is 38.1. The maximum atomic E-state index is 5.36. The fraction of sp³-hybridized carbons (Fsp3) is 0.0545. The number of hydrogen-bond donors (Lipinski definition) is 0. The lowest BCUT2D eigenvalue weighted by Crippen LogP contribution is -2.14. The summed E-state index contributed by atoms with van der Waals surface area (Å²) in [6, 6.07) is 70.3. The Balaban J connectivity index is 1.05. The van der Waals surface area contributed by atoms with E-state index in [0.29, 0.717) is 5.82 Å². The molecule has 1 aliphatic rings. The van der Waals surface area contributed by atoms with Gasteiger partial charge in [-0.2, -0.15) is 0 Å². The molecule has 1 heterocycles. The molecule has 9 aromatic carbocycles. The van der Waals surface area contributed by atoms with Gasteiger partial charge in [0.25, 0.3) is 0 Å². The first-order chi connectivity index (χ1) is 28.0. The minimum absolute atomic E-state index is 0.0114. The second-order valence-electron chi connectivity index (χ2n) is 15.8. The Morgan fingerprint density at radius 3 is 1.79 bits per heavy atom. The Morgan fingerprint density at radius 1 is 0.316 bits per heavy atom. The van der Waals surface area contributed by atoms with E-state index in [9.17, 15) is 0 Å². The molecule has 2 heteroatoms. The van der Waals surface area contributed by atoms with Crippen LogP contribution >= 0.6 is 0 Å². The topological polar surface area (TPSA) is 25.8 Å². The van der Waals surface area contributed by atoms with Crippen molar-refractivity contribution in [1.82, 2.24) is 9.97 Å². The van der Waals surface area contributed by atoms with Crippen LogP contribution < -0.4 is 0 Å². The standard InChI is InChI=1S/C55H38N2/c1-55(2)50-24-10-9-22-46(50)49-33-39(27-30-51(49)55)38-17-11-18-40(31-38)43-28-29-47(45-21-8-7-20-44(43)45)53-34-52(41-26-25-35-13-3-4-15-37(35)32-41)56-54(57-53)48-23-12-16-36-14-5-6-19-42(36)48/h3-34H,1-2H3. The molecule has 0 saturated carbocycles. The number of hydrogen-bond acceptors (Lipinski definition) is 2. The lowest BCUT2D eigenvalue weighted by molar-refractivity contribution is 0.660. The molecule has 0 atom stereocenters. The smallest absolute Gasteiger partial charge is 0.161 e. The first-order valence-corrected chi connectivity index (χ1v) is 19.7. The largest absolute Gasteiger partial charge is 0.228 e. The van der Waals surface area contributed by atoms with Gasteiger partial charge in [0.2, 0.25) is 0 Å². The number of nitrogens with zero attached hydrogens (tertiary/aromatic N) is 2. The van der Waals surface area contributed by atoms with Gasteiger partial charge >= 0.3 is 0 Å². The molecule has 0 bridgehead atoms. The van der Waals surface area contributed by atoms with Crippen molar-refractivity contribution in [2.75, 3.05) is 0 Å². The molecule has 57 heavy (non-hydrogen) atoms. The fourth-order valence-electron chi connectivity index (χ4n) is 9.16. The van der Waals surface area contributed by atoms with Crippen molar-refractivity contribution >= 4 is 32.3 Å². The van der Waals surface area contributed by atoms with Gasteiger partial charge in [0.1, 0.15) is 0 Å².